The minimum atomic E-state index is -0.220. The second-order valence-electron chi connectivity index (χ2n) is 6.95. The molecule has 0 unspecified atom stereocenters. The highest BCUT2D eigenvalue weighted by molar-refractivity contribution is 7.09. The van der Waals surface area contributed by atoms with Crippen LogP contribution in [-0.2, 0) is 4.79 Å². The zero-order chi connectivity index (χ0) is 16.7. The lowest BCUT2D eigenvalue weighted by atomic mass is 9.98. The number of carbonyl (C=O) groups is 1. The number of halogens is 1. The monoisotopic (exact) mass is 344 g/mol. The van der Waals surface area contributed by atoms with E-state index in [4.69, 9.17) is 0 Å². The fraction of sp³-hybridized carbons (Fsp3) is 0.474. The van der Waals surface area contributed by atoms with Crippen molar-refractivity contribution in [1.29, 1.82) is 0 Å². The quantitative estimate of drug-likeness (QED) is 0.840. The summed E-state index contributed by atoms with van der Waals surface area (Å²) < 4.78 is 13.4. The van der Waals surface area contributed by atoms with E-state index >= 15 is 0 Å². The number of likely N-dealkylation sites (tertiary alicyclic amines) is 1. The molecule has 0 bridgehead atoms. The van der Waals surface area contributed by atoms with Gasteiger partial charge in [0.25, 0.3) is 0 Å². The summed E-state index contributed by atoms with van der Waals surface area (Å²) in [5.41, 5.74) is 2.02. The lowest BCUT2D eigenvalue weighted by Crippen LogP contribution is -2.40. The molecule has 0 spiro atoms. The molecule has 3 atom stereocenters. The highest BCUT2D eigenvalue weighted by Gasteiger charge is 2.46. The Kier molecular flexibility index (Phi) is 4.12. The molecule has 1 amide bonds. The molecule has 2 fully saturated rings. The van der Waals surface area contributed by atoms with Crippen molar-refractivity contribution < 1.29 is 9.18 Å². The van der Waals surface area contributed by atoms with Crippen LogP contribution in [0.25, 0.3) is 0 Å². The normalized spacial score (nSPS) is 26.4. The number of hydrogen-bond acceptors (Lipinski definition) is 3. The first-order valence-electron chi connectivity index (χ1n) is 8.58. The van der Waals surface area contributed by atoms with E-state index in [9.17, 15) is 9.18 Å². The summed E-state index contributed by atoms with van der Waals surface area (Å²) in [6, 6.07) is 6.67. The van der Waals surface area contributed by atoms with E-state index in [-0.39, 0.29) is 23.6 Å². The van der Waals surface area contributed by atoms with Gasteiger partial charge in [0.05, 0.1) is 5.01 Å². The van der Waals surface area contributed by atoms with Crippen molar-refractivity contribution in [1.82, 2.24) is 9.88 Å². The highest BCUT2D eigenvalue weighted by Crippen LogP contribution is 2.49. The van der Waals surface area contributed by atoms with Crippen molar-refractivity contribution >= 4 is 17.2 Å². The Morgan fingerprint density at radius 2 is 2.29 bits per heavy atom. The molecular weight excluding hydrogens is 323 g/mol. The summed E-state index contributed by atoms with van der Waals surface area (Å²) in [5.74, 6) is 0.608. The number of hydrogen-bond donors (Lipinski definition) is 0. The van der Waals surface area contributed by atoms with Gasteiger partial charge in [-0.25, -0.2) is 9.37 Å². The average Bonchev–Trinajstić information content (AvgIpc) is 3.28. The summed E-state index contributed by atoms with van der Waals surface area (Å²) in [6.07, 6.45) is 2.99. The van der Waals surface area contributed by atoms with Gasteiger partial charge in [-0.3, -0.25) is 4.79 Å². The van der Waals surface area contributed by atoms with Crippen LogP contribution >= 0.6 is 11.3 Å². The van der Waals surface area contributed by atoms with E-state index < -0.39 is 0 Å². The Morgan fingerprint density at radius 3 is 3.04 bits per heavy atom. The SMILES string of the molecule is Cc1csc([C@@H]2CCCN(C(=O)[C@H]3C[C@@H]3c3cccc(F)c3)C2)n1. The fourth-order valence-electron chi connectivity index (χ4n) is 3.75. The second-order valence-corrected chi connectivity index (χ2v) is 7.84. The lowest BCUT2D eigenvalue weighted by Gasteiger charge is -2.32. The Morgan fingerprint density at radius 1 is 1.42 bits per heavy atom. The topological polar surface area (TPSA) is 33.2 Å². The van der Waals surface area contributed by atoms with Crippen molar-refractivity contribution in [2.24, 2.45) is 5.92 Å². The maximum atomic E-state index is 13.4. The van der Waals surface area contributed by atoms with Gasteiger partial charge < -0.3 is 4.90 Å². The van der Waals surface area contributed by atoms with E-state index in [0.717, 1.165) is 48.6 Å². The molecule has 1 aliphatic carbocycles. The van der Waals surface area contributed by atoms with Gasteiger partial charge in [0, 0.05) is 36.0 Å². The van der Waals surface area contributed by atoms with Crippen LogP contribution in [0.2, 0.25) is 0 Å². The van der Waals surface area contributed by atoms with Gasteiger partial charge in [-0.15, -0.1) is 11.3 Å². The Hall–Kier alpha value is -1.75. The Balaban J connectivity index is 1.42. The lowest BCUT2D eigenvalue weighted by molar-refractivity contribution is -0.133. The smallest absolute Gasteiger partial charge is 0.226 e. The standard InChI is InChI=1S/C19H21FN2OS/c1-12-11-24-18(21-12)14-5-3-7-22(10-14)19(23)17-9-16(17)13-4-2-6-15(20)8-13/h2,4,6,8,11,14,16-17H,3,5,7,9-10H2,1H3/t14-,16-,17+/m1/s1. The van der Waals surface area contributed by atoms with Crippen LogP contribution in [0, 0.1) is 18.7 Å². The number of aryl methyl sites for hydroxylation is 1. The summed E-state index contributed by atoms with van der Waals surface area (Å²) in [6.45, 7) is 3.63. The molecule has 4 rings (SSSR count). The first-order valence-corrected chi connectivity index (χ1v) is 9.46. The number of piperidine rings is 1. The predicted molar refractivity (Wildman–Crippen MR) is 92.7 cm³/mol. The van der Waals surface area contributed by atoms with E-state index in [0.29, 0.717) is 5.92 Å². The number of benzene rings is 1. The molecule has 0 radical (unpaired) electrons. The van der Waals surface area contributed by atoms with Gasteiger partial charge in [0.2, 0.25) is 5.91 Å². The molecule has 1 aliphatic heterocycles. The fourth-order valence-corrected chi connectivity index (χ4v) is 4.67. The molecule has 126 valence electrons. The second kappa shape index (κ2) is 6.28. The average molecular weight is 344 g/mol. The molecule has 1 aromatic heterocycles. The molecule has 2 aromatic rings. The van der Waals surface area contributed by atoms with E-state index in [2.05, 4.69) is 10.4 Å². The van der Waals surface area contributed by atoms with Gasteiger partial charge in [0.1, 0.15) is 5.82 Å². The molecular formula is C19H21FN2OS. The minimum absolute atomic E-state index is 0.0311. The van der Waals surface area contributed by atoms with Crippen LogP contribution in [0.15, 0.2) is 29.6 Å². The van der Waals surface area contributed by atoms with Gasteiger partial charge in [0.15, 0.2) is 0 Å². The molecule has 1 saturated heterocycles. The largest absolute Gasteiger partial charge is 0.342 e. The third kappa shape index (κ3) is 3.09. The highest BCUT2D eigenvalue weighted by atomic mass is 32.1. The van der Waals surface area contributed by atoms with Crippen LogP contribution < -0.4 is 0 Å². The predicted octanol–water partition coefficient (Wildman–Crippen LogP) is 4.10. The van der Waals surface area contributed by atoms with Crippen molar-refractivity contribution in [2.75, 3.05) is 13.1 Å². The Bertz CT molecular complexity index is 759. The molecule has 2 heterocycles. The van der Waals surface area contributed by atoms with Crippen molar-refractivity contribution in [3.63, 3.8) is 0 Å². The summed E-state index contributed by atoms with van der Waals surface area (Å²) in [5, 5.41) is 3.24. The number of amides is 1. The summed E-state index contributed by atoms with van der Waals surface area (Å²) in [4.78, 5) is 19.4. The molecule has 1 saturated carbocycles. The van der Waals surface area contributed by atoms with Crippen LogP contribution in [0.3, 0.4) is 0 Å². The third-order valence-electron chi connectivity index (χ3n) is 5.10. The van der Waals surface area contributed by atoms with Crippen LogP contribution in [-0.4, -0.2) is 28.9 Å². The van der Waals surface area contributed by atoms with E-state index in [1.807, 2.05) is 17.9 Å². The molecule has 5 heteroatoms. The molecule has 3 nitrogen and oxygen atoms in total. The number of thiazole rings is 1. The molecule has 24 heavy (non-hydrogen) atoms. The maximum absolute atomic E-state index is 13.4. The zero-order valence-electron chi connectivity index (χ0n) is 13.7. The zero-order valence-corrected chi connectivity index (χ0v) is 14.6. The number of rotatable bonds is 3. The van der Waals surface area contributed by atoms with Gasteiger partial charge >= 0.3 is 0 Å². The van der Waals surface area contributed by atoms with Crippen molar-refractivity contribution in [2.45, 2.75) is 38.0 Å². The number of carbonyl (C=O) groups excluding carboxylic acids is 1. The van der Waals surface area contributed by atoms with E-state index in [1.54, 1.807) is 23.5 Å². The third-order valence-corrected chi connectivity index (χ3v) is 6.23. The maximum Gasteiger partial charge on any atom is 0.226 e. The first kappa shape index (κ1) is 15.8. The number of aromatic nitrogens is 1. The van der Waals surface area contributed by atoms with Gasteiger partial charge in [-0.1, -0.05) is 12.1 Å². The summed E-state index contributed by atoms with van der Waals surface area (Å²) >= 11 is 1.70. The molecule has 2 aliphatic rings. The van der Waals surface area contributed by atoms with E-state index in [1.165, 1.54) is 6.07 Å². The van der Waals surface area contributed by atoms with Crippen molar-refractivity contribution in [3.8, 4) is 0 Å². The molecule has 1 aromatic carbocycles. The minimum Gasteiger partial charge on any atom is -0.342 e. The molecule has 0 N–H and O–H groups in total. The Labute approximate surface area is 145 Å². The number of nitrogens with zero attached hydrogens (tertiary/aromatic N) is 2. The first-order chi connectivity index (χ1) is 11.6. The van der Waals surface area contributed by atoms with Crippen LogP contribution in [0.5, 0.6) is 0 Å². The van der Waals surface area contributed by atoms with Gasteiger partial charge in [-0.2, -0.15) is 0 Å². The van der Waals surface area contributed by atoms with Gasteiger partial charge in [-0.05, 0) is 49.8 Å². The van der Waals surface area contributed by atoms with Crippen LogP contribution in [0.1, 0.15) is 47.4 Å². The van der Waals surface area contributed by atoms with Crippen LogP contribution in [0.4, 0.5) is 4.39 Å². The van der Waals surface area contributed by atoms with Crippen molar-refractivity contribution in [3.05, 3.63) is 51.7 Å². The summed E-state index contributed by atoms with van der Waals surface area (Å²) in [7, 11) is 0.